The van der Waals surface area contributed by atoms with Crippen molar-refractivity contribution in [3.05, 3.63) is 28.2 Å². The highest BCUT2D eigenvalue weighted by atomic mass is 79.9. The molecule has 0 atom stereocenters. The highest BCUT2D eigenvalue weighted by Gasteiger charge is 2.08. The van der Waals surface area contributed by atoms with Crippen LogP contribution in [0.15, 0.2) is 22.7 Å². The third kappa shape index (κ3) is 1.60. The van der Waals surface area contributed by atoms with Gasteiger partial charge in [0.05, 0.1) is 5.56 Å². The Kier molecular flexibility index (Phi) is 2.29. The Bertz CT molecular complexity index is 274. The molecule has 0 saturated carbocycles. The zero-order chi connectivity index (χ0) is 8.43. The molecule has 0 bridgehead atoms. The van der Waals surface area contributed by atoms with Gasteiger partial charge < -0.3 is 5.11 Å². The standard InChI is InChI=1S/C8H7BrO2/c1-5(10)8-6(9)3-2-4-7(8)11/h2-4,11H,1H3. The van der Waals surface area contributed by atoms with Gasteiger partial charge in [-0.05, 0) is 35.0 Å². The zero-order valence-corrected chi connectivity index (χ0v) is 7.55. The Morgan fingerprint density at radius 2 is 2.18 bits per heavy atom. The molecule has 0 heterocycles. The molecule has 0 unspecified atom stereocenters. The molecular formula is C8H7BrO2. The molecule has 0 fully saturated rings. The minimum Gasteiger partial charge on any atom is -0.507 e. The minimum atomic E-state index is -0.144. The first-order chi connectivity index (χ1) is 5.13. The van der Waals surface area contributed by atoms with E-state index in [4.69, 9.17) is 0 Å². The SMILES string of the molecule is CC(=O)c1c(O)cccc1Br. The van der Waals surface area contributed by atoms with E-state index in [-0.39, 0.29) is 11.5 Å². The van der Waals surface area contributed by atoms with Gasteiger partial charge in [-0.2, -0.15) is 0 Å². The van der Waals surface area contributed by atoms with Gasteiger partial charge in [0, 0.05) is 4.47 Å². The van der Waals surface area contributed by atoms with E-state index in [0.29, 0.717) is 10.0 Å². The van der Waals surface area contributed by atoms with Crippen LogP contribution in [0.3, 0.4) is 0 Å². The van der Waals surface area contributed by atoms with Crippen molar-refractivity contribution in [2.75, 3.05) is 0 Å². The van der Waals surface area contributed by atoms with Gasteiger partial charge in [-0.15, -0.1) is 0 Å². The van der Waals surface area contributed by atoms with E-state index in [9.17, 15) is 9.90 Å². The number of hydrogen-bond donors (Lipinski definition) is 1. The number of Topliss-reactive ketones (excluding diaryl/α,β-unsaturated/α-hetero) is 1. The quantitative estimate of drug-likeness (QED) is 0.730. The molecule has 0 radical (unpaired) electrons. The number of halogens is 1. The number of phenolic OH excluding ortho intramolecular Hbond substituents is 1. The van der Waals surface area contributed by atoms with Crippen LogP contribution in [0.4, 0.5) is 0 Å². The number of hydrogen-bond acceptors (Lipinski definition) is 2. The summed E-state index contributed by atoms with van der Waals surface area (Å²) in [5, 5.41) is 9.21. The van der Waals surface area contributed by atoms with E-state index in [1.165, 1.54) is 13.0 Å². The van der Waals surface area contributed by atoms with E-state index in [2.05, 4.69) is 15.9 Å². The predicted octanol–water partition coefficient (Wildman–Crippen LogP) is 2.36. The molecule has 1 aromatic rings. The lowest BCUT2D eigenvalue weighted by Gasteiger charge is -2.01. The largest absolute Gasteiger partial charge is 0.507 e. The molecule has 0 spiro atoms. The Hall–Kier alpha value is -0.830. The van der Waals surface area contributed by atoms with Crippen LogP contribution < -0.4 is 0 Å². The van der Waals surface area contributed by atoms with Crippen LogP contribution in [0, 0.1) is 0 Å². The lowest BCUT2D eigenvalue weighted by Crippen LogP contribution is -1.93. The fourth-order valence-electron chi connectivity index (χ4n) is 0.861. The third-order valence-electron chi connectivity index (χ3n) is 1.34. The summed E-state index contributed by atoms with van der Waals surface area (Å²) < 4.78 is 0.630. The van der Waals surface area contributed by atoms with E-state index in [1.54, 1.807) is 12.1 Å². The predicted molar refractivity (Wildman–Crippen MR) is 45.8 cm³/mol. The first-order valence-corrected chi connectivity index (χ1v) is 3.90. The zero-order valence-electron chi connectivity index (χ0n) is 5.97. The number of phenols is 1. The topological polar surface area (TPSA) is 37.3 Å². The van der Waals surface area contributed by atoms with Crippen molar-refractivity contribution in [2.45, 2.75) is 6.92 Å². The summed E-state index contributed by atoms with van der Waals surface area (Å²) in [5.74, 6) is -0.123. The van der Waals surface area contributed by atoms with Crippen LogP contribution in [-0.2, 0) is 0 Å². The van der Waals surface area contributed by atoms with Crippen LogP contribution in [0.1, 0.15) is 17.3 Å². The molecule has 0 saturated heterocycles. The Morgan fingerprint density at radius 1 is 1.55 bits per heavy atom. The van der Waals surface area contributed by atoms with Crippen molar-refractivity contribution in [2.24, 2.45) is 0 Å². The number of rotatable bonds is 1. The molecule has 0 amide bonds. The maximum atomic E-state index is 10.9. The average molecular weight is 215 g/mol. The molecule has 0 aliphatic heterocycles. The molecule has 1 rings (SSSR count). The molecule has 1 aromatic carbocycles. The summed E-state index contributed by atoms with van der Waals surface area (Å²) in [6.07, 6.45) is 0. The highest BCUT2D eigenvalue weighted by molar-refractivity contribution is 9.10. The summed E-state index contributed by atoms with van der Waals surface area (Å²) in [4.78, 5) is 10.9. The molecule has 0 aromatic heterocycles. The number of aromatic hydroxyl groups is 1. The van der Waals surface area contributed by atoms with Gasteiger partial charge in [0.15, 0.2) is 5.78 Å². The van der Waals surface area contributed by atoms with Gasteiger partial charge in [-0.3, -0.25) is 4.79 Å². The fraction of sp³-hybridized carbons (Fsp3) is 0.125. The Labute approximate surface area is 73.0 Å². The fourth-order valence-corrected chi connectivity index (χ4v) is 1.50. The summed E-state index contributed by atoms with van der Waals surface area (Å²) in [6, 6.07) is 4.88. The van der Waals surface area contributed by atoms with Crippen molar-refractivity contribution in [3.8, 4) is 5.75 Å². The number of benzene rings is 1. The van der Waals surface area contributed by atoms with E-state index in [0.717, 1.165) is 0 Å². The number of carbonyl (C=O) groups is 1. The second-order valence-corrected chi connectivity index (χ2v) is 3.04. The monoisotopic (exact) mass is 214 g/mol. The molecule has 2 nitrogen and oxygen atoms in total. The molecule has 11 heavy (non-hydrogen) atoms. The molecule has 0 aliphatic carbocycles. The van der Waals surface area contributed by atoms with Crippen molar-refractivity contribution in [1.29, 1.82) is 0 Å². The van der Waals surface area contributed by atoms with Crippen LogP contribution in [0.5, 0.6) is 5.75 Å². The van der Waals surface area contributed by atoms with Crippen LogP contribution >= 0.6 is 15.9 Å². The Morgan fingerprint density at radius 3 is 2.55 bits per heavy atom. The summed E-state index contributed by atoms with van der Waals surface area (Å²) >= 11 is 3.17. The highest BCUT2D eigenvalue weighted by Crippen LogP contribution is 2.25. The van der Waals surface area contributed by atoms with Crippen molar-refractivity contribution in [1.82, 2.24) is 0 Å². The lowest BCUT2D eigenvalue weighted by molar-refractivity contribution is 0.101. The van der Waals surface area contributed by atoms with Crippen LogP contribution in [0.25, 0.3) is 0 Å². The summed E-state index contributed by atoms with van der Waals surface area (Å²) in [5.41, 5.74) is 0.340. The van der Waals surface area contributed by atoms with Gasteiger partial charge in [0.25, 0.3) is 0 Å². The van der Waals surface area contributed by atoms with Gasteiger partial charge in [-0.25, -0.2) is 0 Å². The van der Waals surface area contributed by atoms with E-state index in [1.807, 2.05) is 0 Å². The van der Waals surface area contributed by atoms with Gasteiger partial charge in [-0.1, -0.05) is 6.07 Å². The second-order valence-electron chi connectivity index (χ2n) is 2.19. The van der Waals surface area contributed by atoms with Crippen LogP contribution in [-0.4, -0.2) is 10.9 Å². The second kappa shape index (κ2) is 3.05. The van der Waals surface area contributed by atoms with E-state index >= 15 is 0 Å². The maximum Gasteiger partial charge on any atom is 0.164 e. The van der Waals surface area contributed by atoms with Gasteiger partial charge in [0.1, 0.15) is 5.75 Å². The van der Waals surface area contributed by atoms with E-state index < -0.39 is 0 Å². The number of ketones is 1. The van der Waals surface area contributed by atoms with Crippen LogP contribution in [0.2, 0.25) is 0 Å². The average Bonchev–Trinajstić information content (AvgIpc) is 1.85. The molecular weight excluding hydrogens is 208 g/mol. The van der Waals surface area contributed by atoms with Gasteiger partial charge in [0.2, 0.25) is 0 Å². The minimum absolute atomic E-state index is 0.0203. The third-order valence-corrected chi connectivity index (χ3v) is 2.00. The maximum absolute atomic E-state index is 10.9. The van der Waals surface area contributed by atoms with Crippen molar-refractivity contribution in [3.63, 3.8) is 0 Å². The van der Waals surface area contributed by atoms with Gasteiger partial charge >= 0.3 is 0 Å². The summed E-state index contributed by atoms with van der Waals surface area (Å²) in [7, 11) is 0. The first-order valence-electron chi connectivity index (χ1n) is 3.11. The molecule has 3 heteroatoms. The van der Waals surface area contributed by atoms with Crippen molar-refractivity contribution >= 4 is 21.7 Å². The summed E-state index contributed by atoms with van der Waals surface area (Å²) in [6.45, 7) is 1.42. The molecule has 0 aliphatic rings. The van der Waals surface area contributed by atoms with Crippen molar-refractivity contribution < 1.29 is 9.90 Å². The first kappa shape index (κ1) is 8.27. The number of carbonyl (C=O) groups excluding carboxylic acids is 1. The normalized spacial score (nSPS) is 9.64. The molecule has 1 N–H and O–H groups in total. The Balaban J connectivity index is 3.32. The molecule has 58 valence electrons. The smallest absolute Gasteiger partial charge is 0.164 e. The lowest BCUT2D eigenvalue weighted by atomic mass is 10.1.